The van der Waals surface area contributed by atoms with E-state index in [0.717, 1.165) is 35.0 Å². The number of hydrogen-bond donors (Lipinski definition) is 0. The molecular formula is C14H18BrNO. The highest BCUT2D eigenvalue weighted by Crippen LogP contribution is 2.30. The van der Waals surface area contributed by atoms with Gasteiger partial charge in [-0.05, 0) is 43.9 Å². The molecule has 92 valence electrons. The number of anilines is 1. The summed E-state index contributed by atoms with van der Waals surface area (Å²) < 4.78 is 1.04. The van der Waals surface area contributed by atoms with Crippen molar-refractivity contribution in [3.63, 3.8) is 0 Å². The van der Waals surface area contributed by atoms with Gasteiger partial charge in [-0.3, -0.25) is 4.79 Å². The Bertz CT molecular complexity index is 405. The summed E-state index contributed by atoms with van der Waals surface area (Å²) in [6.45, 7) is 3.29. The lowest BCUT2D eigenvalue weighted by atomic mass is 9.98. The fourth-order valence-corrected chi connectivity index (χ4v) is 2.96. The van der Waals surface area contributed by atoms with E-state index in [-0.39, 0.29) is 0 Å². The van der Waals surface area contributed by atoms with Gasteiger partial charge in [0.1, 0.15) is 0 Å². The Hall–Kier alpha value is -0.830. The van der Waals surface area contributed by atoms with Gasteiger partial charge in [0, 0.05) is 28.3 Å². The summed E-state index contributed by atoms with van der Waals surface area (Å²) in [5, 5.41) is 0. The van der Waals surface area contributed by atoms with E-state index in [4.69, 9.17) is 0 Å². The van der Waals surface area contributed by atoms with Crippen molar-refractivity contribution in [1.29, 1.82) is 0 Å². The third kappa shape index (κ3) is 2.71. The Kier molecular flexibility index (Phi) is 4.21. The standard InChI is InChI=1S/C14H18BrNO/c1-2-13-5-3-4-8-16(13)14-9-12(15)7-6-11(14)10-17/h6-7,9-10,13H,2-5,8H2,1H3/t13-/m1/s1. The van der Waals surface area contributed by atoms with Crippen molar-refractivity contribution in [2.45, 2.75) is 38.6 Å². The number of nitrogens with zero attached hydrogens (tertiary/aromatic N) is 1. The summed E-state index contributed by atoms with van der Waals surface area (Å²) in [7, 11) is 0. The Morgan fingerprint density at radius 3 is 3.00 bits per heavy atom. The smallest absolute Gasteiger partial charge is 0.152 e. The molecule has 1 fully saturated rings. The van der Waals surface area contributed by atoms with Gasteiger partial charge in [-0.2, -0.15) is 0 Å². The van der Waals surface area contributed by atoms with E-state index < -0.39 is 0 Å². The zero-order valence-corrected chi connectivity index (χ0v) is 11.7. The highest BCUT2D eigenvalue weighted by Gasteiger charge is 2.22. The van der Waals surface area contributed by atoms with Crippen LogP contribution in [0.25, 0.3) is 0 Å². The molecule has 1 saturated heterocycles. The average molecular weight is 296 g/mol. The van der Waals surface area contributed by atoms with Crippen molar-refractivity contribution in [2.24, 2.45) is 0 Å². The van der Waals surface area contributed by atoms with Crippen LogP contribution >= 0.6 is 15.9 Å². The first kappa shape index (κ1) is 12.6. The zero-order chi connectivity index (χ0) is 12.3. The molecule has 2 nitrogen and oxygen atoms in total. The summed E-state index contributed by atoms with van der Waals surface area (Å²) in [5.41, 5.74) is 1.88. The van der Waals surface area contributed by atoms with E-state index in [2.05, 4.69) is 33.8 Å². The number of hydrogen-bond acceptors (Lipinski definition) is 2. The van der Waals surface area contributed by atoms with E-state index in [1.165, 1.54) is 19.3 Å². The molecule has 3 heteroatoms. The largest absolute Gasteiger partial charge is 0.368 e. The van der Waals surface area contributed by atoms with Gasteiger partial charge in [0.2, 0.25) is 0 Å². The van der Waals surface area contributed by atoms with Gasteiger partial charge < -0.3 is 4.90 Å². The van der Waals surface area contributed by atoms with E-state index in [0.29, 0.717) is 6.04 Å². The van der Waals surface area contributed by atoms with Gasteiger partial charge in [-0.25, -0.2) is 0 Å². The first-order chi connectivity index (χ1) is 8.26. The molecule has 0 saturated carbocycles. The van der Waals surface area contributed by atoms with Crippen molar-refractivity contribution in [3.05, 3.63) is 28.2 Å². The number of halogens is 1. The van der Waals surface area contributed by atoms with Crippen LogP contribution in [-0.4, -0.2) is 18.9 Å². The van der Waals surface area contributed by atoms with Crippen molar-refractivity contribution >= 4 is 27.9 Å². The molecule has 0 unspecified atom stereocenters. The highest BCUT2D eigenvalue weighted by atomic mass is 79.9. The fourth-order valence-electron chi connectivity index (χ4n) is 2.61. The number of piperidine rings is 1. The predicted molar refractivity (Wildman–Crippen MR) is 74.8 cm³/mol. The zero-order valence-electron chi connectivity index (χ0n) is 10.2. The molecule has 1 aliphatic rings. The second-order valence-electron chi connectivity index (χ2n) is 4.57. The van der Waals surface area contributed by atoms with Gasteiger partial charge in [0.25, 0.3) is 0 Å². The van der Waals surface area contributed by atoms with Crippen LogP contribution in [-0.2, 0) is 0 Å². The quantitative estimate of drug-likeness (QED) is 0.785. The molecule has 2 rings (SSSR count). The molecule has 0 aromatic heterocycles. The Morgan fingerprint density at radius 1 is 1.47 bits per heavy atom. The number of benzene rings is 1. The minimum atomic E-state index is 0.580. The molecule has 1 aliphatic heterocycles. The monoisotopic (exact) mass is 295 g/mol. The molecule has 17 heavy (non-hydrogen) atoms. The third-order valence-corrected chi connectivity index (χ3v) is 4.02. The van der Waals surface area contributed by atoms with Crippen LogP contribution in [0.1, 0.15) is 43.0 Å². The van der Waals surface area contributed by atoms with Crippen LogP contribution in [0.2, 0.25) is 0 Å². The van der Waals surface area contributed by atoms with Crippen LogP contribution < -0.4 is 4.90 Å². The molecule has 0 radical (unpaired) electrons. The number of rotatable bonds is 3. The lowest BCUT2D eigenvalue weighted by Crippen LogP contribution is -2.39. The average Bonchev–Trinajstić information content (AvgIpc) is 2.38. The minimum Gasteiger partial charge on any atom is -0.368 e. The summed E-state index contributed by atoms with van der Waals surface area (Å²) in [6.07, 6.45) is 5.87. The lowest BCUT2D eigenvalue weighted by molar-refractivity contribution is 0.112. The Morgan fingerprint density at radius 2 is 2.29 bits per heavy atom. The molecule has 0 amide bonds. The van der Waals surface area contributed by atoms with E-state index in [9.17, 15) is 4.79 Å². The Labute approximate surface area is 111 Å². The fraction of sp³-hybridized carbons (Fsp3) is 0.500. The van der Waals surface area contributed by atoms with Gasteiger partial charge in [0.15, 0.2) is 6.29 Å². The molecule has 0 aliphatic carbocycles. The van der Waals surface area contributed by atoms with Crippen molar-refractivity contribution in [2.75, 3.05) is 11.4 Å². The Balaban J connectivity index is 2.36. The maximum absolute atomic E-state index is 11.1. The number of aldehydes is 1. The topological polar surface area (TPSA) is 20.3 Å². The van der Waals surface area contributed by atoms with E-state index >= 15 is 0 Å². The number of carbonyl (C=O) groups is 1. The van der Waals surface area contributed by atoms with Crippen molar-refractivity contribution in [3.8, 4) is 0 Å². The van der Waals surface area contributed by atoms with Crippen LogP contribution in [0.4, 0.5) is 5.69 Å². The molecule has 0 bridgehead atoms. The van der Waals surface area contributed by atoms with Crippen molar-refractivity contribution in [1.82, 2.24) is 0 Å². The van der Waals surface area contributed by atoms with Crippen LogP contribution in [0.3, 0.4) is 0 Å². The molecule has 0 N–H and O–H groups in total. The maximum atomic E-state index is 11.1. The van der Waals surface area contributed by atoms with Crippen LogP contribution in [0.5, 0.6) is 0 Å². The van der Waals surface area contributed by atoms with Crippen LogP contribution in [0.15, 0.2) is 22.7 Å². The second-order valence-corrected chi connectivity index (χ2v) is 5.49. The predicted octanol–water partition coefficient (Wildman–Crippen LogP) is 4.03. The van der Waals surface area contributed by atoms with Gasteiger partial charge in [0.05, 0.1) is 0 Å². The summed E-state index contributed by atoms with van der Waals surface area (Å²) in [6, 6.07) is 6.47. The van der Waals surface area contributed by atoms with E-state index in [1.54, 1.807) is 0 Å². The molecule has 1 atom stereocenters. The normalized spacial score (nSPS) is 20.4. The third-order valence-electron chi connectivity index (χ3n) is 3.53. The summed E-state index contributed by atoms with van der Waals surface area (Å²) in [5.74, 6) is 0. The summed E-state index contributed by atoms with van der Waals surface area (Å²) >= 11 is 3.49. The minimum absolute atomic E-state index is 0.580. The maximum Gasteiger partial charge on any atom is 0.152 e. The molecular weight excluding hydrogens is 278 g/mol. The summed E-state index contributed by atoms with van der Waals surface area (Å²) in [4.78, 5) is 13.5. The van der Waals surface area contributed by atoms with Gasteiger partial charge in [-0.15, -0.1) is 0 Å². The van der Waals surface area contributed by atoms with Crippen LogP contribution in [0, 0.1) is 0 Å². The molecule has 0 spiro atoms. The molecule has 1 heterocycles. The van der Waals surface area contributed by atoms with Crippen molar-refractivity contribution < 1.29 is 4.79 Å². The second kappa shape index (κ2) is 5.67. The number of carbonyl (C=O) groups excluding carboxylic acids is 1. The van der Waals surface area contributed by atoms with Gasteiger partial charge >= 0.3 is 0 Å². The molecule has 1 aromatic rings. The first-order valence-corrected chi connectivity index (χ1v) is 7.07. The first-order valence-electron chi connectivity index (χ1n) is 6.27. The lowest BCUT2D eigenvalue weighted by Gasteiger charge is -2.38. The molecule has 1 aromatic carbocycles. The highest BCUT2D eigenvalue weighted by molar-refractivity contribution is 9.10. The van der Waals surface area contributed by atoms with E-state index in [1.807, 2.05) is 12.1 Å². The SMILES string of the molecule is CC[C@@H]1CCCCN1c1cc(Br)ccc1C=O. The van der Waals surface area contributed by atoms with Gasteiger partial charge in [-0.1, -0.05) is 22.9 Å².